The van der Waals surface area contributed by atoms with Crippen molar-refractivity contribution in [2.75, 3.05) is 7.11 Å². The van der Waals surface area contributed by atoms with Crippen LogP contribution in [0.25, 0.3) is 0 Å². The molecule has 0 atom stereocenters. The monoisotopic (exact) mass is 334 g/mol. The molecule has 0 N–H and O–H groups in total. The van der Waals surface area contributed by atoms with Crippen LogP contribution in [0.15, 0.2) is 27.7 Å². The van der Waals surface area contributed by atoms with Crippen LogP contribution >= 0.6 is 15.9 Å². The summed E-state index contributed by atoms with van der Waals surface area (Å²) in [5, 5.41) is 9.00. The fourth-order valence-electron chi connectivity index (χ4n) is 3.12. The van der Waals surface area contributed by atoms with Gasteiger partial charge in [0.2, 0.25) is 6.19 Å². The average Bonchev–Trinajstić information content (AvgIpc) is 2.74. The Balaban J connectivity index is 1.99. The van der Waals surface area contributed by atoms with Gasteiger partial charge in [0.05, 0.1) is 6.10 Å². The fraction of sp³-hybridized carbons (Fsp3) is 0.467. The third-order valence-corrected chi connectivity index (χ3v) is 4.66. The number of hydrogen-bond acceptors (Lipinski definition) is 4. The van der Waals surface area contributed by atoms with Gasteiger partial charge >= 0.3 is 0 Å². The minimum atomic E-state index is -0.451. The van der Waals surface area contributed by atoms with Crippen molar-refractivity contribution < 1.29 is 9.47 Å². The molecule has 1 aromatic carbocycles. The first-order chi connectivity index (χ1) is 9.68. The topological polar surface area (TPSA) is 54.6 Å². The molecule has 104 valence electrons. The molecule has 1 spiro atoms. The zero-order valence-corrected chi connectivity index (χ0v) is 12.8. The Kier molecular flexibility index (Phi) is 3.53. The molecule has 1 aliphatic carbocycles. The molecule has 2 aliphatic rings. The van der Waals surface area contributed by atoms with Gasteiger partial charge in [-0.3, -0.25) is 0 Å². The van der Waals surface area contributed by atoms with Crippen molar-refractivity contribution >= 4 is 21.6 Å². The number of nitriles is 1. The van der Waals surface area contributed by atoms with Gasteiger partial charge in [-0.25, -0.2) is 0 Å². The van der Waals surface area contributed by atoms with Gasteiger partial charge < -0.3 is 9.47 Å². The van der Waals surface area contributed by atoms with Gasteiger partial charge in [-0.05, 0) is 43.9 Å². The van der Waals surface area contributed by atoms with Crippen LogP contribution in [-0.2, 0) is 4.74 Å². The van der Waals surface area contributed by atoms with E-state index < -0.39 is 5.60 Å². The Hall–Kier alpha value is -1.38. The quantitative estimate of drug-likeness (QED) is 0.739. The first-order valence-corrected chi connectivity index (χ1v) is 7.47. The van der Waals surface area contributed by atoms with Gasteiger partial charge in [0, 0.05) is 17.1 Å². The Labute approximate surface area is 126 Å². The molecule has 1 fully saturated rings. The highest BCUT2D eigenvalue weighted by Gasteiger charge is 2.48. The summed E-state index contributed by atoms with van der Waals surface area (Å²) < 4.78 is 12.6. The lowest BCUT2D eigenvalue weighted by Crippen LogP contribution is -2.45. The van der Waals surface area contributed by atoms with Crippen LogP contribution in [0.1, 0.15) is 31.2 Å². The van der Waals surface area contributed by atoms with Crippen molar-refractivity contribution in [1.82, 2.24) is 0 Å². The maximum atomic E-state index is 9.00. The summed E-state index contributed by atoms with van der Waals surface area (Å²) in [4.78, 5) is 4.07. The van der Waals surface area contributed by atoms with Crippen LogP contribution in [0.4, 0.5) is 0 Å². The predicted octanol–water partition coefficient (Wildman–Crippen LogP) is 3.44. The number of aliphatic imine (C=N–C) groups is 1. The molecule has 0 amide bonds. The lowest BCUT2D eigenvalue weighted by molar-refractivity contribution is 0.0143. The minimum Gasteiger partial charge on any atom is -0.480 e. The second-order valence-electron chi connectivity index (χ2n) is 5.23. The number of benzene rings is 1. The van der Waals surface area contributed by atoms with Crippen molar-refractivity contribution in [2.24, 2.45) is 4.99 Å². The molecule has 0 radical (unpaired) electrons. The highest BCUT2D eigenvalue weighted by molar-refractivity contribution is 9.10. The molecule has 3 rings (SSSR count). The summed E-state index contributed by atoms with van der Waals surface area (Å²) in [5.41, 5.74) is 1.25. The van der Waals surface area contributed by atoms with Gasteiger partial charge in [0.15, 0.2) is 5.60 Å². The molecule has 1 saturated carbocycles. The second-order valence-corrected chi connectivity index (χ2v) is 6.15. The smallest absolute Gasteiger partial charge is 0.206 e. The Morgan fingerprint density at radius 1 is 1.45 bits per heavy atom. The largest absolute Gasteiger partial charge is 0.480 e. The van der Waals surface area contributed by atoms with Crippen LogP contribution in [0, 0.1) is 11.5 Å². The Morgan fingerprint density at radius 3 is 2.85 bits per heavy atom. The predicted molar refractivity (Wildman–Crippen MR) is 78.9 cm³/mol. The summed E-state index contributed by atoms with van der Waals surface area (Å²) in [7, 11) is 1.74. The third kappa shape index (κ3) is 2.13. The van der Waals surface area contributed by atoms with E-state index in [1.807, 2.05) is 24.4 Å². The number of fused-ring (bicyclic) bond motifs is 1. The first kappa shape index (κ1) is 13.6. The van der Waals surface area contributed by atoms with E-state index in [1.54, 1.807) is 7.11 Å². The van der Waals surface area contributed by atoms with E-state index in [2.05, 4.69) is 20.9 Å². The molecular weight excluding hydrogens is 320 g/mol. The van der Waals surface area contributed by atoms with E-state index >= 15 is 0 Å². The zero-order chi connectivity index (χ0) is 14.2. The van der Waals surface area contributed by atoms with Gasteiger partial charge in [0.1, 0.15) is 11.5 Å². The Bertz CT molecular complexity index is 598. The molecule has 1 heterocycles. The van der Waals surface area contributed by atoms with Crippen LogP contribution in [0.2, 0.25) is 0 Å². The highest BCUT2D eigenvalue weighted by atomic mass is 79.9. The Morgan fingerprint density at radius 2 is 2.20 bits per heavy atom. The van der Waals surface area contributed by atoms with Gasteiger partial charge in [-0.1, -0.05) is 15.9 Å². The number of hydrogen-bond donors (Lipinski definition) is 0. The molecule has 5 heteroatoms. The van der Waals surface area contributed by atoms with Gasteiger partial charge in [-0.2, -0.15) is 10.3 Å². The van der Waals surface area contributed by atoms with Crippen LogP contribution in [-0.4, -0.2) is 24.5 Å². The van der Waals surface area contributed by atoms with Crippen LogP contribution in [0.3, 0.4) is 0 Å². The minimum absolute atomic E-state index is 0.281. The normalized spacial score (nSPS) is 30.1. The lowest BCUT2D eigenvalue weighted by Gasteiger charge is -2.36. The highest BCUT2D eigenvalue weighted by Crippen LogP contribution is 2.44. The number of halogens is 1. The molecule has 1 aromatic rings. The summed E-state index contributed by atoms with van der Waals surface area (Å²) in [6, 6.07) is 5.86. The standard InChI is InChI=1S/C15H15BrN2O2/c1-19-11-4-6-15(7-5-11)14(18-9-17)12-8-10(16)2-3-13(12)20-15/h2-3,8,11H,4-7H2,1H3/b18-14-. The second kappa shape index (κ2) is 5.19. The summed E-state index contributed by atoms with van der Waals surface area (Å²) in [5.74, 6) is 0.818. The van der Waals surface area contributed by atoms with E-state index in [0.29, 0.717) is 0 Å². The number of ether oxygens (including phenoxy) is 2. The van der Waals surface area contributed by atoms with E-state index in [1.165, 1.54) is 0 Å². The number of nitrogens with zero attached hydrogens (tertiary/aromatic N) is 2. The first-order valence-electron chi connectivity index (χ1n) is 6.67. The van der Waals surface area contributed by atoms with E-state index in [-0.39, 0.29) is 6.10 Å². The summed E-state index contributed by atoms with van der Waals surface area (Å²) in [6.45, 7) is 0. The summed E-state index contributed by atoms with van der Waals surface area (Å²) >= 11 is 3.46. The average molecular weight is 335 g/mol. The summed E-state index contributed by atoms with van der Waals surface area (Å²) in [6.07, 6.45) is 5.73. The van der Waals surface area contributed by atoms with E-state index in [9.17, 15) is 0 Å². The molecule has 0 saturated heterocycles. The molecule has 4 nitrogen and oxygen atoms in total. The van der Waals surface area contributed by atoms with E-state index in [0.717, 1.165) is 47.2 Å². The molecule has 0 aromatic heterocycles. The van der Waals surface area contributed by atoms with Crippen molar-refractivity contribution in [2.45, 2.75) is 37.4 Å². The van der Waals surface area contributed by atoms with E-state index in [4.69, 9.17) is 14.7 Å². The lowest BCUT2D eigenvalue weighted by atomic mass is 9.79. The maximum Gasteiger partial charge on any atom is 0.206 e. The van der Waals surface area contributed by atoms with Crippen molar-refractivity contribution in [3.63, 3.8) is 0 Å². The number of rotatable bonds is 1. The molecule has 1 aliphatic heterocycles. The SMILES string of the molecule is COC1CCC2(CC1)Oc1ccc(Br)cc1/C2=N/C#N. The van der Waals surface area contributed by atoms with Crippen molar-refractivity contribution in [3.8, 4) is 11.9 Å². The number of methoxy groups -OCH3 is 1. The molecular formula is C15H15BrN2O2. The van der Waals surface area contributed by atoms with Crippen molar-refractivity contribution in [1.29, 1.82) is 5.26 Å². The van der Waals surface area contributed by atoms with Gasteiger partial charge in [0.25, 0.3) is 0 Å². The van der Waals surface area contributed by atoms with Crippen LogP contribution < -0.4 is 4.74 Å². The van der Waals surface area contributed by atoms with Crippen LogP contribution in [0.5, 0.6) is 5.75 Å². The molecule has 0 bridgehead atoms. The molecule has 20 heavy (non-hydrogen) atoms. The fourth-order valence-corrected chi connectivity index (χ4v) is 3.49. The van der Waals surface area contributed by atoms with Crippen molar-refractivity contribution in [3.05, 3.63) is 28.2 Å². The molecule has 0 unspecified atom stereocenters. The zero-order valence-electron chi connectivity index (χ0n) is 11.2. The third-order valence-electron chi connectivity index (χ3n) is 4.17. The maximum absolute atomic E-state index is 9.00. The van der Waals surface area contributed by atoms with Gasteiger partial charge in [-0.15, -0.1) is 0 Å².